The standard InChI is InChI=1S/C13H18N2O2/c1-10(2)8-14-6-5-11-3-4-13(15(16)17)7-12(11)9-14/h3-4,7,10H,5-6,8-9H2,1-2H3. The van der Waals surface area contributed by atoms with Crippen molar-refractivity contribution in [2.45, 2.75) is 26.8 Å². The van der Waals surface area contributed by atoms with Crippen LogP contribution in [0.2, 0.25) is 0 Å². The van der Waals surface area contributed by atoms with Gasteiger partial charge in [0.05, 0.1) is 4.92 Å². The van der Waals surface area contributed by atoms with E-state index >= 15 is 0 Å². The smallest absolute Gasteiger partial charge is 0.269 e. The van der Waals surface area contributed by atoms with Crippen molar-refractivity contribution in [3.63, 3.8) is 0 Å². The van der Waals surface area contributed by atoms with Gasteiger partial charge in [-0.2, -0.15) is 0 Å². The Morgan fingerprint density at radius 1 is 1.41 bits per heavy atom. The van der Waals surface area contributed by atoms with Gasteiger partial charge in [-0.15, -0.1) is 0 Å². The molecule has 0 aromatic heterocycles. The van der Waals surface area contributed by atoms with Gasteiger partial charge in [0.15, 0.2) is 0 Å². The number of nitro groups is 1. The van der Waals surface area contributed by atoms with Crippen LogP contribution in [-0.2, 0) is 13.0 Å². The summed E-state index contributed by atoms with van der Waals surface area (Å²) in [6, 6.07) is 5.24. The first-order chi connectivity index (χ1) is 8.06. The summed E-state index contributed by atoms with van der Waals surface area (Å²) in [6.07, 6.45) is 1.00. The molecule has 1 aromatic carbocycles. The van der Waals surface area contributed by atoms with Crippen molar-refractivity contribution in [3.8, 4) is 0 Å². The number of nitro benzene ring substituents is 1. The number of rotatable bonds is 3. The number of nitrogens with zero attached hydrogens (tertiary/aromatic N) is 2. The highest BCUT2D eigenvalue weighted by molar-refractivity contribution is 5.41. The van der Waals surface area contributed by atoms with Crippen LogP contribution < -0.4 is 0 Å². The quantitative estimate of drug-likeness (QED) is 0.596. The van der Waals surface area contributed by atoms with Gasteiger partial charge >= 0.3 is 0 Å². The summed E-state index contributed by atoms with van der Waals surface area (Å²) in [7, 11) is 0. The third kappa shape index (κ3) is 2.82. The summed E-state index contributed by atoms with van der Waals surface area (Å²) >= 11 is 0. The highest BCUT2D eigenvalue weighted by atomic mass is 16.6. The Morgan fingerprint density at radius 2 is 2.18 bits per heavy atom. The lowest BCUT2D eigenvalue weighted by atomic mass is 9.98. The molecular weight excluding hydrogens is 216 g/mol. The summed E-state index contributed by atoms with van der Waals surface area (Å²) in [4.78, 5) is 12.8. The molecule has 0 atom stereocenters. The average molecular weight is 234 g/mol. The van der Waals surface area contributed by atoms with Crippen molar-refractivity contribution >= 4 is 5.69 Å². The van der Waals surface area contributed by atoms with E-state index in [9.17, 15) is 10.1 Å². The predicted molar refractivity (Wildman–Crippen MR) is 66.9 cm³/mol. The van der Waals surface area contributed by atoms with Gasteiger partial charge in [-0.25, -0.2) is 0 Å². The Balaban J connectivity index is 2.17. The van der Waals surface area contributed by atoms with Crippen LogP contribution in [0.3, 0.4) is 0 Å². The lowest BCUT2D eigenvalue weighted by Gasteiger charge is -2.29. The minimum Gasteiger partial charge on any atom is -0.298 e. The van der Waals surface area contributed by atoms with Crippen LogP contribution in [0.5, 0.6) is 0 Å². The first kappa shape index (κ1) is 12.0. The molecule has 0 fully saturated rings. The first-order valence-corrected chi connectivity index (χ1v) is 6.05. The van der Waals surface area contributed by atoms with Gasteiger partial charge in [-0.05, 0) is 23.5 Å². The van der Waals surface area contributed by atoms with E-state index in [1.165, 1.54) is 5.56 Å². The molecule has 92 valence electrons. The molecule has 1 aliphatic rings. The molecule has 4 nitrogen and oxygen atoms in total. The van der Waals surface area contributed by atoms with E-state index in [1.54, 1.807) is 12.1 Å². The van der Waals surface area contributed by atoms with E-state index in [1.807, 2.05) is 6.07 Å². The van der Waals surface area contributed by atoms with E-state index in [2.05, 4.69) is 18.7 Å². The van der Waals surface area contributed by atoms with Crippen molar-refractivity contribution in [2.24, 2.45) is 5.92 Å². The van der Waals surface area contributed by atoms with Gasteiger partial charge in [-0.1, -0.05) is 19.9 Å². The molecule has 0 unspecified atom stereocenters. The zero-order chi connectivity index (χ0) is 12.4. The van der Waals surface area contributed by atoms with Gasteiger partial charge < -0.3 is 0 Å². The third-order valence-corrected chi connectivity index (χ3v) is 3.12. The first-order valence-electron chi connectivity index (χ1n) is 6.05. The number of benzene rings is 1. The maximum Gasteiger partial charge on any atom is 0.269 e. The molecule has 1 heterocycles. The fraction of sp³-hybridized carbons (Fsp3) is 0.538. The maximum atomic E-state index is 10.7. The van der Waals surface area contributed by atoms with Crippen LogP contribution in [0.15, 0.2) is 18.2 Å². The largest absolute Gasteiger partial charge is 0.298 e. The van der Waals surface area contributed by atoms with Crippen LogP contribution in [0, 0.1) is 16.0 Å². The summed E-state index contributed by atoms with van der Waals surface area (Å²) < 4.78 is 0. The number of hydrogen-bond acceptors (Lipinski definition) is 3. The monoisotopic (exact) mass is 234 g/mol. The Morgan fingerprint density at radius 3 is 2.82 bits per heavy atom. The van der Waals surface area contributed by atoms with E-state index in [4.69, 9.17) is 0 Å². The summed E-state index contributed by atoms with van der Waals surface area (Å²) in [5.41, 5.74) is 2.58. The number of hydrogen-bond donors (Lipinski definition) is 0. The second-order valence-corrected chi connectivity index (χ2v) is 5.09. The molecular formula is C13H18N2O2. The Hall–Kier alpha value is -1.42. The summed E-state index contributed by atoms with van der Waals surface area (Å²) in [5, 5.41) is 10.7. The molecule has 2 rings (SSSR count). The molecule has 17 heavy (non-hydrogen) atoms. The van der Waals surface area contributed by atoms with Crippen LogP contribution in [0.1, 0.15) is 25.0 Å². The Bertz CT molecular complexity index is 429. The van der Waals surface area contributed by atoms with Crippen molar-refractivity contribution in [1.29, 1.82) is 0 Å². The molecule has 1 aliphatic heterocycles. The van der Waals surface area contributed by atoms with E-state index in [-0.39, 0.29) is 10.6 Å². The minimum absolute atomic E-state index is 0.204. The zero-order valence-corrected chi connectivity index (χ0v) is 10.3. The lowest BCUT2D eigenvalue weighted by Crippen LogP contribution is -2.33. The predicted octanol–water partition coefficient (Wildman–Crippen LogP) is 2.61. The zero-order valence-electron chi connectivity index (χ0n) is 10.3. The number of non-ortho nitro benzene ring substituents is 1. The molecule has 0 bridgehead atoms. The van der Waals surface area contributed by atoms with Gasteiger partial charge in [-0.3, -0.25) is 15.0 Å². The molecule has 0 spiro atoms. The minimum atomic E-state index is -0.318. The fourth-order valence-corrected chi connectivity index (χ4v) is 2.39. The van der Waals surface area contributed by atoms with Crippen molar-refractivity contribution in [1.82, 2.24) is 4.90 Å². The highest BCUT2D eigenvalue weighted by Crippen LogP contribution is 2.24. The lowest BCUT2D eigenvalue weighted by molar-refractivity contribution is -0.385. The van der Waals surface area contributed by atoms with Crippen molar-refractivity contribution < 1.29 is 4.92 Å². The van der Waals surface area contributed by atoms with Crippen LogP contribution in [0.25, 0.3) is 0 Å². The van der Waals surface area contributed by atoms with Gasteiger partial charge in [0, 0.05) is 31.8 Å². The highest BCUT2D eigenvalue weighted by Gasteiger charge is 2.19. The van der Waals surface area contributed by atoms with Crippen LogP contribution >= 0.6 is 0 Å². The SMILES string of the molecule is CC(C)CN1CCc2ccc([N+](=O)[O-])cc2C1. The van der Waals surface area contributed by atoms with Gasteiger partial charge in [0.25, 0.3) is 5.69 Å². The molecule has 1 aromatic rings. The summed E-state index contributed by atoms with van der Waals surface area (Å²) in [6.45, 7) is 7.35. The topological polar surface area (TPSA) is 46.4 Å². The van der Waals surface area contributed by atoms with Crippen molar-refractivity contribution in [2.75, 3.05) is 13.1 Å². The fourth-order valence-electron chi connectivity index (χ4n) is 2.39. The van der Waals surface area contributed by atoms with Gasteiger partial charge in [0.2, 0.25) is 0 Å². The van der Waals surface area contributed by atoms with Gasteiger partial charge in [0.1, 0.15) is 0 Å². The molecule has 4 heteroatoms. The molecule has 0 radical (unpaired) electrons. The molecule has 0 saturated heterocycles. The second-order valence-electron chi connectivity index (χ2n) is 5.09. The normalized spacial score (nSPS) is 15.9. The average Bonchev–Trinajstić information content (AvgIpc) is 2.27. The molecule has 0 amide bonds. The van der Waals surface area contributed by atoms with Crippen LogP contribution in [-0.4, -0.2) is 22.9 Å². The molecule has 0 saturated carbocycles. The van der Waals surface area contributed by atoms with Crippen molar-refractivity contribution in [3.05, 3.63) is 39.4 Å². The molecule has 0 N–H and O–H groups in total. The van der Waals surface area contributed by atoms with Crippen LogP contribution in [0.4, 0.5) is 5.69 Å². The molecule has 0 aliphatic carbocycles. The summed E-state index contributed by atoms with van der Waals surface area (Å²) in [5.74, 6) is 0.634. The number of fused-ring (bicyclic) bond motifs is 1. The third-order valence-electron chi connectivity index (χ3n) is 3.12. The van der Waals surface area contributed by atoms with E-state index < -0.39 is 0 Å². The Labute approximate surface area is 101 Å². The van der Waals surface area contributed by atoms with E-state index in [0.29, 0.717) is 5.92 Å². The Kier molecular flexibility index (Phi) is 3.43. The van der Waals surface area contributed by atoms with E-state index in [0.717, 1.165) is 31.6 Å². The second kappa shape index (κ2) is 4.84. The maximum absolute atomic E-state index is 10.7.